The van der Waals surface area contributed by atoms with Crippen molar-refractivity contribution in [3.05, 3.63) is 22.8 Å². The zero-order valence-corrected chi connectivity index (χ0v) is 20.7. The van der Waals surface area contributed by atoms with E-state index in [0.29, 0.717) is 16.6 Å². The molecule has 0 N–H and O–H groups in total. The van der Waals surface area contributed by atoms with Gasteiger partial charge in [-0.1, -0.05) is 44.4 Å². The predicted octanol–water partition coefficient (Wildman–Crippen LogP) is 8.30. The van der Waals surface area contributed by atoms with Gasteiger partial charge in [0.1, 0.15) is 0 Å². The van der Waals surface area contributed by atoms with Gasteiger partial charge in [-0.15, -0.1) is 0 Å². The number of ketones is 1. The van der Waals surface area contributed by atoms with Gasteiger partial charge in [0.05, 0.1) is 0 Å². The van der Waals surface area contributed by atoms with Gasteiger partial charge in [-0.05, 0) is 125 Å². The number of hydrogen-bond donors (Lipinski definition) is 0. The minimum atomic E-state index is 0.321. The smallest absolute Gasteiger partial charge is 0.155 e. The first-order valence-corrected chi connectivity index (χ1v) is 13.1. The van der Waals surface area contributed by atoms with Crippen molar-refractivity contribution in [1.82, 2.24) is 0 Å². The normalized spacial score (nSPS) is 41.4. The Kier molecular flexibility index (Phi) is 6.15. The molecule has 4 aliphatic carbocycles. The molecule has 4 aliphatic rings. The van der Waals surface area contributed by atoms with Crippen molar-refractivity contribution in [2.24, 2.45) is 40.4 Å². The fourth-order valence-electron chi connectivity index (χ4n) is 8.92. The van der Waals surface area contributed by atoms with E-state index in [2.05, 4.69) is 47.6 Å². The molecule has 168 valence electrons. The van der Waals surface area contributed by atoms with Gasteiger partial charge < -0.3 is 0 Å². The van der Waals surface area contributed by atoms with Crippen LogP contribution in [0.3, 0.4) is 0 Å². The average molecular weight is 411 g/mol. The summed E-state index contributed by atoms with van der Waals surface area (Å²) in [6.07, 6.45) is 16.1. The molecule has 7 unspecified atom stereocenters. The molecule has 0 spiro atoms. The second-order valence-electron chi connectivity index (χ2n) is 12.2. The number of carbonyl (C=O) groups is 1. The summed E-state index contributed by atoms with van der Waals surface area (Å²) in [5, 5.41) is 0. The molecule has 0 aliphatic heterocycles. The van der Waals surface area contributed by atoms with E-state index in [-0.39, 0.29) is 0 Å². The van der Waals surface area contributed by atoms with Crippen LogP contribution in [-0.4, -0.2) is 5.78 Å². The average Bonchev–Trinajstić information content (AvgIpc) is 3.06. The van der Waals surface area contributed by atoms with Gasteiger partial charge in [0.2, 0.25) is 0 Å². The molecule has 1 heteroatoms. The predicted molar refractivity (Wildman–Crippen MR) is 127 cm³/mol. The topological polar surface area (TPSA) is 17.1 Å². The van der Waals surface area contributed by atoms with Crippen molar-refractivity contribution in [2.75, 3.05) is 0 Å². The lowest BCUT2D eigenvalue weighted by Crippen LogP contribution is -2.50. The molecule has 3 saturated carbocycles. The summed E-state index contributed by atoms with van der Waals surface area (Å²) in [7, 11) is 0. The van der Waals surface area contributed by atoms with Crippen molar-refractivity contribution in [1.29, 1.82) is 0 Å². The van der Waals surface area contributed by atoms with Crippen molar-refractivity contribution < 1.29 is 4.79 Å². The molecule has 0 aromatic rings. The highest BCUT2D eigenvalue weighted by atomic mass is 16.1. The summed E-state index contributed by atoms with van der Waals surface area (Å²) >= 11 is 0. The molecule has 1 nitrogen and oxygen atoms in total. The first-order chi connectivity index (χ1) is 14.2. The van der Waals surface area contributed by atoms with Crippen LogP contribution in [0.4, 0.5) is 0 Å². The van der Waals surface area contributed by atoms with E-state index in [0.717, 1.165) is 42.4 Å². The van der Waals surface area contributed by atoms with E-state index in [1.807, 2.05) is 0 Å². The highest BCUT2D eigenvalue weighted by Gasteiger charge is 2.59. The van der Waals surface area contributed by atoms with Gasteiger partial charge in [-0.3, -0.25) is 4.79 Å². The van der Waals surface area contributed by atoms with E-state index in [1.165, 1.54) is 63.4 Å². The lowest BCUT2D eigenvalue weighted by atomic mass is 9.46. The van der Waals surface area contributed by atoms with Gasteiger partial charge in [0.15, 0.2) is 5.78 Å². The van der Waals surface area contributed by atoms with Gasteiger partial charge in [0, 0.05) is 6.42 Å². The fourth-order valence-corrected chi connectivity index (χ4v) is 8.92. The molecule has 4 rings (SSSR count). The quantitative estimate of drug-likeness (QED) is 0.416. The van der Waals surface area contributed by atoms with Crippen LogP contribution in [0.25, 0.3) is 0 Å². The van der Waals surface area contributed by atoms with Gasteiger partial charge >= 0.3 is 0 Å². The highest BCUT2D eigenvalue weighted by Crippen LogP contribution is 2.67. The van der Waals surface area contributed by atoms with Crippen LogP contribution in [0.1, 0.15) is 112 Å². The van der Waals surface area contributed by atoms with E-state index < -0.39 is 0 Å². The third-order valence-electron chi connectivity index (χ3n) is 10.8. The molecule has 0 amide bonds. The Labute approximate surface area is 186 Å². The molecule has 0 bridgehead atoms. The van der Waals surface area contributed by atoms with Crippen molar-refractivity contribution in [3.63, 3.8) is 0 Å². The molecular weight excluding hydrogens is 364 g/mol. The van der Waals surface area contributed by atoms with E-state index in [1.54, 1.807) is 11.1 Å². The molecule has 0 heterocycles. The summed E-state index contributed by atoms with van der Waals surface area (Å²) in [6, 6.07) is 0. The molecule has 0 radical (unpaired) electrons. The lowest BCUT2D eigenvalue weighted by Gasteiger charge is -2.58. The Balaban J connectivity index is 1.50. The van der Waals surface area contributed by atoms with Gasteiger partial charge in [-0.25, -0.2) is 0 Å². The minimum absolute atomic E-state index is 0.321. The van der Waals surface area contributed by atoms with Crippen LogP contribution in [0.15, 0.2) is 22.8 Å². The Bertz CT molecular complexity index is 737. The largest absolute Gasteiger partial charge is 0.295 e. The summed E-state index contributed by atoms with van der Waals surface area (Å²) in [5.41, 5.74) is 5.63. The summed E-state index contributed by atoms with van der Waals surface area (Å²) < 4.78 is 0. The van der Waals surface area contributed by atoms with E-state index in [4.69, 9.17) is 0 Å². The molecule has 3 fully saturated rings. The second kappa shape index (κ2) is 8.25. The second-order valence-corrected chi connectivity index (χ2v) is 12.2. The standard InChI is InChI=1S/C29H46O/c1-7-21(19(2)3)9-8-20(4)25-12-13-26-24-11-10-22-18-23(30)14-16-28(22,5)27(24)15-17-29(25,26)6/h18,20,24-27H,7-17H2,1-6H3. The maximum Gasteiger partial charge on any atom is 0.155 e. The molecular formula is C29H46O. The molecule has 0 saturated heterocycles. The first-order valence-electron chi connectivity index (χ1n) is 13.1. The SMILES string of the molecule is CCC(CCC(C)C1CCC2C3CCC4=CC(=O)CCC4(C)C3CCC12C)=C(C)C. The van der Waals surface area contributed by atoms with Crippen LogP contribution < -0.4 is 0 Å². The fraction of sp³-hybridized carbons (Fsp3) is 0.828. The Hall–Kier alpha value is -0.850. The summed E-state index contributed by atoms with van der Waals surface area (Å²) in [5.74, 6) is 4.80. The minimum Gasteiger partial charge on any atom is -0.295 e. The molecule has 0 aromatic heterocycles. The Morgan fingerprint density at radius 3 is 2.53 bits per heavy atom. The zero-order valence-electron chi connectivity index (χ0n) is 20.7. The Morgan fingerprint density at radius 1 is 1.07 bits per heavy atom. The van der Waals surface area contributed by atoms with E-state index >= 15 is 0 Å². The zero-order chi connectivity index (χ0) is 21.7. The number of rotatable bonds is 5. The van der Waals surface area contributed by atoms with Crippen LogP contribution in [0.2, 0.25) is 0 Å². The third kappa shape index (κ3) is 3.57. The third-order valence-corrected chi connectivity index (χ3v) is 10.8. The number of hydrogen-bond acceptors (Lipinski definition) is 1. The van der Waals surface area contributed by atoms with E-state index in [9.17, 15) is 4.79 Å². The molecule has 7 atom stereocenters. The lowest BCUT2D eigenvalue weighted by molar-refractivity contribution is -0.117. The van der Waals surface area contributed by atoms with Gasteiger partial charge in [-0.2, -0.15) is 0 Å². The van der Waals surface area contributed by atoms with Crippen molar-refractivity contribution in [3.8, 4) is 0 Å². The summed E-state index contributed by atoms with van der Waals surface area (Å²) in [4.78, 5) is 12.1. The van der Waals surface area contributed by atoms with Crippen molar-refractivity contribution in [2.45, 2.75) is 112 Å². The van der Waals surface area contributed by atoms with Crippen LogP contribution in [0.5, 0.6) is 0 Å². The summed E-state index contributed by atoms with van der Waals surface area (Å²) in [6.45, 7) is 14.7. The maximum atomic E-state index is 12.1. The number of fused-ring (bicyclic) bond motifs is 5. The monoisotopic (exact) mass is 410 g/mol. The van der Waals surface area contributed by atoms with Crippen LogP contribution in [0, 0.1) is 40.4 Å². The van der Waals surface area contributed by atoms with Crippen molar-refractivity contribution >= 4 is 5.78 Å². The highest BCUT2D eigenvalue weighted by molar-refractivity contribution is 5.91. The maximum absolute atomic E-state index is 12.1. The number of carbonyl (C=O) groups excluding carboxylic acids is 1. The Morgan fingerprint density at radius 2 is 1.83 bits per heavy atom. The van der Waals surface area contributed by atoms with Crippen LogP contribution in [-0.2, 0) is 4.79 Å². The molecule has 30 heavy (non-hydrogen) atoms. The molecule has 0 aromatic carbocycles. The van der Waals surface area contributed by atoms with Crippen LogP contribution >= 0.6 is 0 Å². The van der Waals surface area contributed by atoms with Gasteiger partial charge in [0.25, 0.3) is 0 Å². The first kappa shape index (κ1) is 22.3. The number of allylic oxidation sites excluding steroid dienone is 3.